The molecule has 0 saturated carbocycles. The summed E-state index contributed by atoms with van der Waals surface area (Å²) in [5, 5.41) is 4.30. The molecule has 1 aliphatic carbocycles. The minimum absolute atomic E-state index is 0.0546. The molecule has 2 N–H and O–H groups in total. The fourth-order valence-corrected chi connectivity index (χ4v) is 3.86. The molecule has 2 aromatic heterocycles. The third-order valence-electron chi connectivity index (χ3n) is 5.04. The van der Waals surface area contributed by atoms with Crippen molar-refractivity contribution in [3.05, 3.63) is 65.5 Å². The third kappa shape index (κ3) is 2.58. The van der Waals surface area contributed by atoms with Gasteiger partial charge in [-0.2, -0.15) is 0 Å². The second-order valence-electron chi connectivity index (χ2n) is 6.78. The van der Waals surface area contributed by atoms with Crippen LogP contribution in [0.4, 0.5) is 0 Å². The van der Waals surface area contributed by atoms with E-state index >= 15 is 0 Å². The lowest BCUT2D eigenvalue weighted by Gasteiger charge is -2.37. The number of carbonyl (C=O) groups is 1. The number of aromatic nitrogens is 2. The molecule has 1 amide bonds. The molecule has 2 heterocycles. The predicted octanol–water partition coefficient (Wildman–Crippen LogP) is 3.47. The quantitative estimate of drug-likeness (QED) is 0.776. The van der Waals surface area contributed by atoms with E-state index < -0.39 is 0 Å². The van der Waals surface area contributed by atoms with E-state index in [1.807, 2.05) is 18.3 Å². The second-order valence-corrected chi connectivity index (χ2v) is 6.78. The van der Waals surface area contributed by atoms with E-state index in [9.17, 15) is 4.79 Å². The van der Waals surface area contributed by atoms with Crippen molar-refractivity contribution in [1.29, 1.82) is 0 Å². The number of hydrogen-bond acceptors (Lipinski definition) is 2. The summed E-state index contributed by atoms with van der Waals surface area (Å²) in [5.41, 5.74) is 4.14. The lowest BCUT2D eigenvalue weighted by Crippen LogP contribution is -2.46. The summed E-state index contributed by atoms with van der Waals surface area (Å²) in [6.45, 7) is 2.14. The molecule has 1 unspecified atom stereocenters. The highest BCUT2D eigenvalue weighted by Gasteiger charge is 2.33. The molecule has 1 aromatic carbocycles. The monoisotopic (exact) mass is 319 g/mol. The first-order valence-electron chi connectivity index (χ1n) is 8.46. The first-order chi connectivity index (χ1) is 11.7. The molecule has 4 nitrogen and oxygen atoms in total. The van der Waals surface area contributed by atoms with Crippen LogP contribution in [0.5, 0.6) is 0 Å². The van der Waals surface area contributed by atoms with Crippen molar-refractivity contribution in [1.82, 2.24) is 15.3 Å². The molecular formula is C20H21N3O. The SMILES string of the molecule is CC1(NC(=O)Cc2c[nH]c3ncccc23)CCCc2ccccc21. The first-order valence-corrected chi connectivity index (χ1v) is 8.46. The number of amides is 1. The molecule has 0 fully saturated rings. The van der Waals surface area contributed by atoms with Crippen molar-refractivity contribution < 1.29 is 4.79 Å². The van der Waals surface area contributed by atoms with Crippen LogP contribution in [0.2, 0.25) is 0 Å². The molecule has 122 valence electrons. The van der Waals surface area contributed by atoms with Crippen molar-refractivity contribution >= 4 is 16.9 Å². The van der Waals surface area contributed by atoms with E-state index in [1.165, 1.54) is 11.1 Å². The molecular weight excluding hydrogens is 298 g/mol. The fourth-order valence-electron chi connectivity index (χ4n) is 3.86. The highest BCUT2D eigenvalue weighted by atomic mass is 16.1. The maximum absolute atomic E-state index is 12.7. The molecule has 1 aliphatic rings. The van der Waals surface area contributed by atoms with Gasteiger partial charge in [-0.05, 0) is 55.0 Å². The Morgan fingerprint density at radius 2 is 2.17 bits per heavy atom. The van der Waals surface area contributed by atoms with Gasteiger partial charge in [0.15, 0.2) is 0 Å². The van der Waals surface area contributed by atoms with Gasteiger partial charge in [-0.25, -0.2) is 4.98 Å². The molecule has 0 spiro atoms. The third-order valence-corrected chi connectivity index (χ3v) is 5.04. The van der Waals surface area contributed by atoms with Crippen LogP contribution >= 0.6 is 0 Å². The number of rotatable bonds is 3. The molecule has 24 heavy (non-hydrogen) atoms. The van der Waals surface area contributed by atoms with E-state index in [0.29, 0.717) is 6.42 Å². The number of nitrogens with zero attached hydrogens (tertiary/aromatic N) is 1. The minimum atomic E-state index is -0.281. The van der Waals surface area contributed by atoms with Gasteiger partial charge in [0.1, 0.15) is 5.65 Å². The zero-order valence-corrected chi connectivity index (χ0v) is 13.8. The van der Waals surface area contributed by atoms with E-state index in [4.69, 9.17) is 0 Å². The standard InChI is InChI=1S/C20H21N3O/c1-20(10-4-7-14-6-2-3-9-17(14)20)23-18(24)12-15-13-22-19-16(15)8-5-11-21-19/h2-3,5-6,8-9,11,13H,4,7,10,12H2,1H3,(H,21,22)(H,23,24). The van der Waals surface area contributed by atoms with Gasteiger partial charge in [0.2, 0.25) is 5.91 Å². The summed E-state index contributed by atoms with van der Waals surface area (Å²) in [4.78, 5) is 20.1. The summed E-state index contributed by atoms with van der Waals surface area (Å²) in [6, 6.07) is 12.3. The average molecular weight is 319 g/mol. The number of aryl methyl sites for hydroxylation is 1. The molecule has 1 atom stereocenters. The van der Waals surface area contributed by atoms with Gasteiger partial charge in [-0.1, -0.05) is 24.3 Å². The van der Waals surface area contributed by atoms with Crippen molar-refractivity contribution in [3.8, 4) is 0 Å². The molecule has 0 bridgehead atoms. The lowest BCUT2D eigenvalue weighted by atomic mass is 9.77. The molecule has 0 saturated heterocycles. The molecule has 0 radical (unpaired) electrons. The Kier molecular flexibility index (Phi) is 3.60. The largest absolute Gasteiger partial charge is 0.347 e. The number of fused-ring (bicyclic) bond motifs is 2. The second kappa shape index (κ2) is 5.78. The summed E-state index contributed by atoms with van der Waals surface area (Å²) in [5.74, 6) is 0.0546. The van der Waals surface area contributed by atoms with Crippen molar-refractivity contribution in [3.63, 3.8) is 0 Å². The number of benzene rings is 1. The van der Waals surface area contributed by atoms with Crippen LogP contribution in [0.15, 0.2) is 48.8 Å². The summed E-state index contributed by atoms with van der Waals surface area (Å²) < 4.78 is 0. The molecule has 0 aliphatic heterocycles. The number of pyridine rings is 1. The van der Waals surface area contributed by atoms with Crippen LogP contribution in [0.25, 0.3) is 11.0 Å². The van der Waals surface area contributed by atoms with Gasteiger partial charge in [0.05, 0.1) is 12.0 Å². The number of carbonyl (C=O) groups excluding carboxylic acids is 1. The zero-order chi connectivity index (χ0) is 16.6. The summed E-state index contributed by atoms with van der Waals surface area (Å²) in [7, 11) is 0. The fraction of sp³-hybridized carbons (Fsp3) is 0.300. The van der Waals surface area contributed by atoms with Crippen molar-refractivity contribution in [2.24, 2.45) is 0 Å². The minimum Gasteiger partial charge on any atom is -0.347 e. The van der Waals surface area contributed by atoms with Gasteiger partial charge in [-0.3, -0.25) is 4.79 Å². The Morgan fingerprint density at radius 3 is 3.08 bits per heavy atom. The van der Waals surface area contributed by atoms with Crippen LogP contribution in [0.1, 0.15) is 36.5 Å². The summed E-state index contributed by atoms with van der Waals surface area (Å²) in [6.07, 6.45) is 7.17. The molecule has 3 aromatic rings. The summed E-state index contributed by atoms with van der Waals surface area (Å²) >= 11 is 0. The van der Waals surface area contributed by atoms with Gasteiger partial charge >= 0.3 is 0 Å². The molecule has 4 heteroatoms. The molecule has 4 rings (SSSR count). The number of hydrogen-bond donors (Lipinski definition) is 2. The first kappa shape index (κ1) is 14.9. The smallest absolute Gasteiger partial charge is 0.225 e. The van der Waals surface area contributed by atoms with Crippen molar-refractivity contribution in [2.75, 3.05) is 0 Å². The topological polar surface area (TPSA) is 57.8 Å². The average Bonchev–Trinajstić information content (AvgIpc) is 2.98. The van der Waals surface area contributed by atoms with Crippen LogP contribution in [0, 0.1) is 0 Å². The zero-order valence-electron chi connectivity index (χ0n) is 13.8. The van der Waals surface area contributed by atoms with E-state index in [1.54, 1.807) is 6.20 Å². The predicted molar refractivity (Wildman–Crippen MR) is 94.7 cm³/mol. The van der Waals surface area contributed by atoms with Crippen LogP contribution in [0.3, 0.4) is 0 Å². The Morgan fingerprint density at radius 1 is 1.29 bits per heavy atom. The highest BCUT2D eigenvalue weighted by Crippen LogP contribution is 2.35. The normalized spacial score (nSPS) is 19.9. The van der Waals surface area contributed by atoms with Gasteiger partial charge in [0, 0.05) is 17.8 Å². The van der Waals surface area contributed by atoms with E-state index in [2.05, 4.69) is 46.5 Å². The van der Waals surface area contributed by atoms with Crippen molar-refractivity contribution in [2.45, 2.75) is 38.1 Å². The Bertz CT molecular complexity index is 899. The van der Waals surface area contributed by atoms with Crippen LogP contribution in [-0.2, 0) is 23.2 Å². The maximum atomic E-state index is 12.7. The van der Waals surface area contributed by atoms with Gasteiger partial charge in [0.25, 0.3) is 0 Å². The van der Waals surface area contributed by atoms with Gasteiger partial charge in [-0.15, -0.1) is 0 Å². The van der Waals surface area contributed by atoms with Crippen LogP contribution < -0.4 is 5.32 Å². The number of H-pyrrole nitrogens is 1. The van der Waals surface area contributed by atoms with E-state index in [0.717, 1.165) is 35.9 Å². The Balaban J connectivity index is 1.56. The lowest BCUT2D eigenvalue weighted by molar-refractivity contribution is -0.122. The Labute approximate surface area is 141 Å². The number of nitrogens with one attached hydrogen (secondary N) is 2. The van der Waals surface area contributed by atoms with Crippen LogP contribution in [-0.4, -0.2) is 15.9 Å². The van der Waals surface area contributed by atoms with E-state index in [-0.39, 0.29) is 11.4 Å². The maximum Gasteiger partial charge on any atom is 0.225 e. The highest BCUT2D eigenvalue weighted by molar-refractivity contribution is 5.87. The Hall–Kier alpha value is -2.62. The van der Waals surface area contributed by atoms with Gasteiger partial charge < -0.3 is 10.3 Å². The number of aromatic amines is 1.